The topological polar surface area (TPSA) is 66.7 Å². The van der Waals surface area contributed by atoms with Gasteiger partial charge in [0.1, 0.15) is 0 Å². The Balaban J connectivity index is 2.19. The lowest BCUT2D eigenvalue weighted by molar-refractivity contribution is -0.530. The smallest absolute Gasteiger partial charge is 0.244 e. The van der Waals surface area contributed by atoms with Gasteiger partial charge in [-0.05, 0) is 23.9 Å². The highest BCUT2D eigenvalue weighted by Crippen LogP contribution is 2.28. The number of nitrogens with zero attached hydrogens (tertiary/aromatic N) is 3. The van der Waals surface area contributed by atoms with Crippen molar-refractivity contribution < 1.29 is 13.2 Å². The first kappa shape index (κ1) is 19.8. The van der Waals surface area contributed by atoms with Crippen LogP contribution in [-0.2, 0) is 10.0 Å². The fourth-order valence-electron chi connectivity index (χ4n) is 3.11. The Hall–Kier alpha value is -1.96. The maximum Gasteiger partial charge on any atom is 0.244 e. The molecule has 0 aliphatic carbocycles. The molecule has 7 heteroatoms. The lowest BCUT2D eigenvalue weighted by atomic mass is 10.0. The Labute approximate surface area is 161 Å². The quantitative estimate of drug-likeness (QED) is 0.350. The first-order chi connectivity index (χ1) is 12.6. The number of hydroxylamine groups is 1. The minimum absolute atomic E-state index is 0.191. The number of sulfonamides is 1. The summed E-state index contributed by atoms with van der Waals surface area (Å²) in [6.07, 6.45) is 1.42. The second-order valence-electron chi connectivity index (χ2n) is 8.03. The summed E-state index contributed by atoms with van der Waals surface area (Å²) in [5.41, 5.74) is -0.205. The van der Waals surface area contributed by atoms with Crippen molar-refractivity contribution in [1.29, 1.82) is 0 Å². The van der Waals surface area contributed by atoms with Gasteiger partial charge < -0.3 is 10.1 Å². The number of hydrogen-bond acceptors (Lipinski definition) is 4. The van der Waals surface area contributed by atoms with Gasteiger partial charge >= 0.3 is 0 Å². The van der Waals surface area contributed by atoms with E-state index in [2.05, 4.69) is 4.90 Å². The molecule has 1 saturated heterocycles. The highest BCUT2D eigenvalue weighted by molar-refractivity contribution is 7.89. The number of rotatable bonds is 3. The molecule has 1 heterocycles. The summed E-state index contributed by atoms with van der Waals surface area (Å²) in [4.78, 5) is 2.30. The van der Waals surface area contributed by atoms with Gasteiger partial charge in [0.15, 0.2) is 11.8 Å². The zero-order chi connectivity index (χ0) is 19.8. The third-order valence-corrected chi connectivity index (χ3v) is 6.88. The van der Waals surface area contributed by atoms with Gasteiger partial charge in [0.05, 0.1) is 10.5 Å². The molecule has 0 N–H and O–H groups in total. The van der Waals surface area contributed by atoms with Crippen LogP contribution in [0.25, 0.3) is 10.8 Å². The standard InChI is InChI=1S/C20H27N3O3S/c1-20(2,3)23(24)15-18-17-8-6-5-7-16(17)9-10-19(18)27(25,26)22-13-11-21(4)12-14-22/h5-10,15H,11-14H2,1-4H3/b23-15-. The summed E-state index contributed by atoms with van der Waals surface area (Å²) < 4.78 is 29.1. The average molecular weight is 390 g/mol. The Kier molecular flexibility index (Phi) is 5.29. The third kappa shape index (κ3) is 4.00. The summed E-state index contributed by atoms with van der Waals surface area (Å²) >= 11 is 0. The fourth-order valence-corrected chi connectivity index (χ4v) is 4.71. The zero-order valence-electron chi connectivity index (χ0n) is 16.3. The number of fused-ring (bicyclic) bond motifs is 1. The van der Waals surface area contributed by atoms with Crippen LogP contribution in [0.5, 0.6) is 0 Å². The molecule has 0 aromatic heterocycles. The van der Waals surface area contributed by atoms with Gasteiger partial charge in [0, 0.05) is 47.0 Å². The van der Waals surface area contributed by atoms with E-state index in [0.717, 1.165) is 15.5 Å². The average Bonchev–Trinajstić information content (AvgIpc) is 2.61. The van der Waals surface area contributed by atoms with Crippen molar-refractivity contribution in [3.63, 3.8) is 0 Å². The summed E-state index contributed by atoms with van der Waals surface area (Å²) in [5, 5.41) is 14.3. The summed E-state index contributed by atoms with van der Waals surface area (Å²) in [7, 11) is -1.70. The molecule has 3 rings (SSSR count). The first-order valence-corrected chi connectivity index (χ1v) is 10.6. The molecule has 1 aliphatic heterocycles. The molecular weight excluding hydrogens is 362 g/mol. The zero-order valence-corrected chi connectivity index (χ0v) is 17.2. The van der Waals surface area contributed by atoms with Crippen LogP contribution in [0.3, 0.4) is 0 Å². The van der Waals surface area contributed by atoms with E-state index < -0.39 is 15.6 Å². The van der Waals surface area contributed by atoms with Crippen molar-refractivity contribution in [3.8, 4) is 0 Å². The van der Waals surface area contributed by atoms with E-state index in [1.165, 1.54) is 10.5 Å². The van der Waals surface area contributed by atoms with Gasteiger partial charge in [0.2, 0.25) is 10.0 Å². The van der Waals surface area contributed by atoms with Crippen LogP contribution in [0.2, 0.25) is 0 Å². The molecule has 1 aliphatic rings. The van der Waals surface area contributed by atoms with Crippen LogP contribution in [0, 0.1) is 5.21 Å². The van der Waals surface area contributed by atoms with Crippen molar-refractivity contribution in [2.24, 2.45) is 0 Å². The maximum absolute atomic E-state index is 13.4. The molecule has 0 unspecified atom stereocenters. The molecule has 0 atom stereocenters. The van der Waals surface area contributed by atoms with E-state index in [-0.39, 0.29) is 4.90 Å². The predicted octanol–water partition coefficient (Wildman–Crippen LogP) is 2.50. The number of likely N-dealkylation sites (N-methyl/N-ethyl adjacent to an activating group) is 1. The molecule has 0 amide bonds. The van der Waals surface area contributed by atoms with E-state index in [4.69, 9.17) is 0 Å². The molecule has 0 radical (unpaired) electrons. The number of piperazine rings is 1. The minimum atomic E-state index is -3.69. The van der Waals surface area contributed by atoms with Crippen molar-refractivity contribution in [3.05, 3.63) is 47.2 Å². The van der Waals surface area contributed by atoms with E-state index >= 15 is 0 Å². The minimum Gasteiger partial charge on any atom is -0.623 e. The monoisotopic (exact) mass is 389 g/mol. The largest absolute Gasteiger partial charge is 0.623 e. The lowest BCUT2D eigenvalue weighted by Gasteiger charge is -2.32. The van der Waals surface area contributed by atoms with Crippen LogP contribution in [0.1, 0.15) is 26.3 Å². The molecule has 2 aromatic rings. The Morgan fingerprint density at radius 1 is 1.04 bits per heavy atom. The second kappa shape index (κ2) is 7.22. The highest BCUT2D eigenvalue weighted by Gasteiger charge is 2.31. The number of hydrogen-bond donors (Lipinski definition) is 0. The van der Waals surface area contributed by atoms with Crippen molar-refractivity contribution in [1.82, 2.24) is 9.21 Å². The SMILES string of the molecule is CN1CCN(S(=O)(=O)c2ccc3ccccc3c2/C=[N+](\[O-])C(C)(C)C)CC1. The number of benzene rings is 2. The van der Waals surface area contributed by atoms with Crippen LogP contribution in [-0.4, -0.2) is 67.3 Å². The van der Waals surface area contributed by atoms with Crippen molar-refractivity contribution in [2.75, 3.05) is 33.2 Å². The molecule has 0 saturated carbocycles. The maximum atomic E-state index is 13.4. The van der Waals surface area contributed by atoms with Crippen LogP contribution in [0.15, 0.2) is 41.3 Å². The Morgan fingerprint density at radius 2 is 1.67 bits per heavy atom. The van der Waals surface area contributed by atoms with Crippen molar-refractivity contribution in [2.45, 2.75) is 31.2 Å². The van der Waals surface area contributed by atoms with Gasteiger partial charge in [-0.3, -0.25) is 0 Å². The second-order valence-corrected chi connectivity index (χ2v) is 9.94. The molecule has 1 fully saturated rings. The van der Waals surface area contributed by atoms with Crippen LogP contribution < -0.4 is 0 Å². The van der Waals surface area contributed by atoms with Crippen molar-refractivity contribution >= 4 is 27.0 Å². The van der Waals surface area contributed by atoms with Gasteiger partial charge in [-0.15, -0.1) is 0 Å². The van der Waals surface area contributed by atoms with Crippen LogP contribution in [0.4, 0.5) is 0 Å². The molecule has 0 bridgehead atoms. The van der Waals surface area contributed by atoms with E-state index in [9.17, 15) is 13.6 Å². The summed E-state index contributed by atoms with van der Waals surface area (Å²) in [6.45, 7) is 7.70. The van der Waals surface area contributed by atoms with Gasteiger partial charge in [-0.1, -0.05) is 30.3 Å². The lowest BCUT2D eigenvalue weighted by Crippen LogP contribution is -2.47. The molecule has 2 aromatic carbocycles. The van der Waals surface area contributed by atoms with Crippen LogP contribution >= 0.6 is 0 Å². The molecule has 146 valence electrons. The summed E-state index contributed by atoms with van der Waals surface area (Å²) in [5.74, 6) is 0. The van der Waals surface area contributed by atoms with Gasteiger partial charge in [-0.25, -0.2) is 13.2 Å². The molecule has 27 heavy (non-hydrogen) atoms. The van der Waals surface area contributed by atoms with Gasteiger partial charge in [0.25, 0.3) is 0 Å². The summed E-state index contributed by atoms with van der Waals surface area (Å²) in [6, 6.07) is 11.0. The molecule has 0 spiro atoms. The van der Waals surface area contributed by atoms with E-state index in [1.807, 2.05) is 37.4 Å². The van der Waals surface area contributed by atoms with E-state index in [1.54, 1.807) is 26.8 Å². The first-order valence-electron chi connectivity index (χ1n) is 9.12. The van der Waals surface area contributed by atoms with E-state index in [0.29, 0.717) is 31.7 Å². The van der Waals surface area contributed by atoms with Gasteiger partial charge in [-0.2, -0.15) is 4.31 Å². The third-order valence-electron chi connectivity index (χ3n) is 4.92. The highest BCUT2D eigenvalue weighted by atomic mass is 32.2. The molecular formula is C20H27N3O3S. The normalized spacial score (nSPS) is 18.1. The molecule has 6 nitrogen and oxygen atoms in total. The Morgan fingerprint density at radius 3 is 2.30 bits per heavy atom. The predicted molar refractivity (Wildman–Crippen MR) is 109 cm³/mol. The fraction of sp³-hybridized carbons (Fsp3) is 0.450. The Bertz CT molecular complexity index is 970.